The molecule has 11 nitrogen and oxygen atoms in total. The van der Waals surface area contributed by atoms with Gasteiger partial charge in [-0.2, -0.15) is 0 Å². The molecule has 0 aromatic heterocycles. The van der Waals surface area contributed by atoms with Crippen LogP contribution in [0.2, 0.25) is 0 Å². The highest BCUT2D eigenvalue weighted by molar-refractivity contribution is 5.76. The number of nitrogens with two attached hydrogens (primary N) is 1. The molecule has 0 saturated carbocycles. The van der Waals surface area contributed by atoms with Crippen LogP contribution in [0.1, 0.15) is 59.9 Å². The fourth-order valence-corrected chi connectivity index (χ4v) is 2.63. The van der Waals surface area contributed by atoms with Gasteiger partial charge >= 0.3 is 24.2 Å². The van der Waals surface area contributed by atoms with Crippen molar-refractivity contribution in [3.8, 4) is 11.5 Å². The molecule has 0 amide bonds. The molecule has 2 unspecified atom stereocenters. The average molecular weight is 526 g/mol. The minimum Gasteiger partial charge on any atom is -0.462 e. The van der Waals surface area contributed by atoms with Gasteiger partial charge in [-0.25, -0.2) is 9.59 Å². The molecule has 0 saturated heterocycles. The van der Waals surface area contributed by atoms with Gasteiger partial charge in [0.05, 0.1) is 13.2 Å². The third kappa shape index (κ3) is 13.0. The van der Waals surface area contributed by atoms with E-state index in [2.05, 4.69) is 0 Å². The third-order valence-corrected chi connectivity index (χ3v) is 5.36. The van der Waals surface area contributed by atoms with Crippen molar-refractivity contribution < 1.29 is 47.6 Å². The predicted octanol–water partition coefficient (Wildman–Crippen LogP) is 4.17. The first kappa shape index (κ1) is 31.7. The van der Waals surface area contributed by atoms with Gasteiger partial charge in [0, 0.05) is 6.92 Å². The molecule has 4 atom stereocenters. The summed E-state index contributed by atoms with van der Waals surface area (Å²) in [5.74, 6) is -1.07. The lowest BCUT2D eigenvalue weighted by molar-refractivity contribution is -0.157. The van der Waals surface area contributed by atoms with Crippen molar-refractivity contribution >= 4 is 24.2 Å². The Kier molecular flexibility index (Phi) is 14.1. The predicted molar refractivity (Wildman–Crippen MR) is 133 cm³/mol. The second-order valence-corrected chi connectivity index (χ2v) is 8.99. The van der Waals surface area contributed by atoms with E-state index in [4.69, 9.17) is 34.2 Å². The van der Waals surface area contributed by atoms with Crippen LogP contribution in [0.5, 0.6) is 11.5 Å². The molecule has 1 aromatic rings. The van der Waals surface area contributed by atoms with Crippen molar-refractivity contribution in [2.24, 2.45) is 17.6 Å². The largest absolute Gasteiger partial charge is 0.513 e. The summed E-state index contributed by atoms with van der Waals surface area (Å²) in [5, 5.41) is 0. The zero-order valence-corrected chi connectivity index (χ0v) is 22.4. The van der Waals surface area contributed by atoms with Gasteiger partial charge in [0.2, 0.25) is 0 Å². The Hall–Kier alpha value is -3.34. The van der Waals surface area contributed by atoms with Gasteiger partial charge < -0.3 is 34.2 Å². The Morgan fingerprint density at radius 2 is 1.35 bits per heavy atom. The monoisotopic (exact) mass is 525 g/mol. The lowest BCUT2D eigenvalue weighted by Gasteiger charge is -2.17. The number of benzene rings is 1. The van der Waals surface area contributed by atoms with Crippen LogP contribution in [0.25, 0.3) is 0 Å². The van der Waals surface area contributed by atoms with E-state index in [1.807, 2.05) is 27.7 Å². The van der Waals surface area contributed by atoms with Crippen molar-refractivity contribution in [3.63, 3.8) is 0 Å². The van der Waals surface area contributed by atoms with E-state index in [1.165, 1.54) is 19.1 Å². The summed E-state index contributed by atoms with van der Waals surface area (Å²) in [6.45, 7) is 10.8. The van der Waals surface area contributed by atoms with E-state index in [9.17, 15) is 19.2 Å². The van der Waals surface area contributed by atoms with E-state index in [1.54, 1.807) is 13.0 Å². The number of hydrogen-bond acceptors (Lipinski definition) is 11. The van der Waals surface area contributed by atoms with Crippen molar-refractivity contribution in [3.05, 3.63) is 23.8 Å². The molecule has 0 radical (unpaired) electrons. The molecule has 0 bridgehead atoms. The molecule has 0 aliphatic heterocycles. The van der Waals surface area contributed by atoms with Crippen LogP contribution >= 0.6 is 0 Å². The van der Waals surface area contributed by atoms with Gasteiger partial charge in [0.25, 0.3) is 0 Å². The normalized spacial score (nSPS) is 13.9. The summed E-state index contributed by atoms with van der Waals surface area (Å²) in [7, 11) is 0. The van der Waals surface area contributed by atoms with Gasteiger partial charge in [-0.15, -0.1) is 0 Å². The highest BCUT2D eigenvalue weighted by Gasteiger charge is 2.22. The van der Waals surface area contributed by atoms with Crippen molar-refractivity contribution in [1.82, 2.24) is 0 Å². The SMILES string of the molecule is CCC(C)COC(=O)Oc1ccc(C[C@H](N)C(=O)O[C@H](C)COC(C)=O)cc1OC(=O)OCC(C)CC. The molecule has 1 aromatic carbocycles. The fraction of sp³-hybridized carbons (Fsp3) is 0.615. The Morgan fingerprint density at radius 1 is 0.811 bits per heavy atom. The van der Waals surface area contributed by atoms with Gasteiger partial charge in [0.1, 0.15) is 18.8 Å². The van der Waals surface area contributed by atoms with Crippen LogP contribution in [0.3, 0.4) is 0 Å². The summed E-state index contributed by atoms with van der Waals surface area (Å²) in [4.78, 5) is 47.6. The first-order valence-corrected chi connectivity index (χ1v) is 12.4. The molecule has 0 aliphatic rings. The lowest BCUT2D eigenvalue weighted by Crippen LogP contribution is -2.37. The molecular formula is C26H39NO10. The number of esters is 2. The second-order valence-electron chi connectivity index (χ2n) is 8.99. The zero-order valence-electron chi connectivity index (χ0n) is 22.4. The Bertz CT molecular complexity index is 903. The summed E-state index contributed by atoms with van der Waals surface area (Å²) >= 11 is 0. The molecule has 37 heavy (non-hydrogen) atoms. The van der Waals surface area contributed by atoms with E-state index >= 15 is 0 Å². The van der Waals surface area contributed by atoms with E-state index in [0.29, 0.717) is 5.56 Å². The maximum absolute atomic E-state index is 12.3. The minimum absolute atomic E-state index is 0.0239. The Balaban J connectivity index is 2.94. The van der Waals surface area contributed by atoms with Crippen LogP contribution in [0, 0.1) is 11.8 Å². The highest BCUT2D eigenvalue weighted by atomic mass is 16.7. The fourth-order valence-electron chi connectivity index (χ4n) is 2.63. The molecule has 0 fully saturated rings. The van der Waals surface area contributed by atoms with Crippen LogP contribution in [-0.2, 0) is 35.0 Å². The number of rotatable bonds is 14. The van der Waals surface area contributed by atoms with Crippen LogP contribution in [0.15, 0.2) is 18.2 Å². The summed E-state index contributed by atoms with van der Waals surface area (Å²) in [6.07, 6.45) is -0.947. The number of carbonyl (C=O) groups is 4. The van der Waals surface area contributed by atoms with Crippen LogP contribution < -0.4 is 15.2 Å². The summed E-state index contributed by atoms with van der Waals surface area (Å²) in [5.41, 5.74) is 6.48. The molecular weight excluding hydrogens is 486 g/mol. The van der Waals surface area contributed by atoms with E-state index in [-0.39, 0.29) is 49.6 Å². The Labute approximate surface area is 217 Å². The van der Waals surface area contributed by atoms with Gasteiger partial charge in [-0.05, 0) is 42.9 Å². The zero-order chi connectivity index (χ0) is 28.0. The molecule has 0 aliphatic carbocycles. The molecule has 2 N–H and O–H groups in total. The van der Waals surface area contributed by atoms with Gasteiger partial charge in [0.15, 0.2) is 11.5 Å². The summed E-state index contributed by atoms with van der Waals surface area (Å²) < 4.78 is 30.8. The number of hydrogen-bond donors (Lipinski definition) is 1. The number of ether oxygens (including phenoxy) is 6. The first-order chi connectivity index (χ1) is 17.4. The average Bonchev–Trinajstić information content (AvgIpc) is 2.85. The quantitative estimate of drug-likeness (QED) is 0.212. The second kappa shape index (κ2) is 16.4. The third-order valence-electron chi connectivity index (χ3n) is 5.36. The maximum atomic E-state index is 12.3. The van der Waals surface area contributed by atoms with Gasteiger partial charge in [-0.3, -0.25) is 9.59 Å². The number of carbonyl (C=O) groups excluding carboxylic acids is 4. The van der Waals surface area contributed by atoms with Crippen molar-refractivity contribution in [2.75, 3.05) is 19.8 Å². The molecule has 0 heterocycles. The van der Waals surface area contributed by atoms with E-state index in [0.717, 1.165) is 12.8 Å². The topological polar surface area (TPSA) is 150 Å². The molecule has 11 heteroatoms. The van der Waals surface area contributed by atoms with Gasteiger partial charge in [-0.1, -0.05) is 46.6 Å². The molecule has 208 valence electrons. The van der Waals surface area contributed by atoms with E-state index < -0.39 is 36.4 Å². The van der Waals surface area contributed by atoms with Crippen LogP contribution in [0.4, 0.5) is 9.59 Å². The Morgan fingerprint density at radius 3 is 1.86 bits per heavy atom. The van der Waals surface area contributed by atoms with Crippen molar-refractivity contribution in [2.45, 2.75) is 73.0 Å². The molecule has 0 spiro atoms. The lowest BCUT2D eigenvalue weighted by atomic mass is 10.1. The standard InChI is InChI=1S/C26H39NO10/c1-7-16(3)13-33-25(30)36-22-10-9-20(12-23(22)37-26(31)34-14-17(4)8-2)11-21(27)24(29)35-18(5)15-32-19(6)28/h9-10,12,16-18,21H,7-8,11,13-15,27H2,1-6H3/t16?,17?,18-,21+/m1/s1. The van der Waals surface area contributed by atoms with Crippen molar-refractivity contribution in [1.29, 1.82) is 0 Å². The summed E-state index contributed by atoms with van der Waals surface area (Å²) in [6, 6.07) is 3.32. The molecule has 1 rings (SSSR count). The smallest absolute Gasteiger partial charge is 0.462 e. The minimum atomic E-state index is -1.06. The maximum Gasteiger partial charge on any atom is 0.513 e. The first-order valence-electron chi connectivity index (χ1n) is 12.4. The highest BCUT2D eigenvalue weighted by Crippen LogP contribution is 2.30. The van der Waals surface area contributed by atoms with Crippen LogP contribution in [-0.4, -0.2) is 56.2 Å².